The Morgan fingerprint density at radius 3 is 2.75 bits per heavy atom. The van der Waals surface area contributed by atoms with Crippen molar-refractivity contribution in [2.24, 2.45) is 10.9 Å². The number of carbonyl (C=O) groups is 2. The summed E-state index contributed by atoms with van der Waals surface area (Å²) in [4.78, 5) is 41.1. The van der Waals surface area contributed by atoms with Crippen molar-refractivity contribution in [3.63, 3.8) is 0 Å². The number of rotatable bonds is 11. The van der Waals surface area contributed by atoms with E-state index in [0.29, 0.717) is 16.4 Å². The van der Waals surface area contributed by atoms with Crippen LogP contribution >= 0.6 is 11.3 Å². The molecular weight excluding hydrogens is 603 g/mol. The Kier molecular flexibility index (Phi) is 9.41. The number of hydroxylamine groups is 2. The van der Waals surface area contributed by atoms with Gasteiger partial charge in [0.25, 0.3) is 5.92 Å². The number of aromatic nitrogens is 1. The van der Waals surface area contributed by atoms with E-state index < -0.39 is 66.9 Å². The molecule has 5 rings (SSSR count). The zero-order valence-corrected chi connectivity index (χ0v) is 25.2. The van der Waals surface area contributed by atoms with E-state index >= 15 is 8.78 Å². The molecule has 0 spiro atoms. The molecule has 0 aliphatic carbocycles. The number of carbonyl (C=O) groups excluding carboxylic acids is 1. The van der Waals surface area contributed by atoms with Crippen LogP contribution in [0, 0.1) is 18.7 Å². The highest BCUT2D eigenvalue weighted by atomic mass is 32.1. The van der Waals surface area contributed by atoms with E-state index in [2.05, 4.69) is 10.3 Å². The minimum Gasteiger partial charge on any atom is -0.481 e. The van der Waals surface area contributed by atoms with Crippen molar-refractivity contribution in [3.05, 3.63) is 63.0 Å². The number of thiazole rings is 1. The van der Waals surface area contributed by atoms with Gasteiger partial charge in [0.2, 0.25) is 0 Å². The fourth-order valence-electron chi connectivity index (χ4n) is 6.04. The van der Waals surface area contributed by atoms with Crippen LogP contribution in [0.2, 0.25) is 0 Å². The highest BCUT2D eigenvalue weighted by molar-refractivity contribution is 7.11. The molecule has 0 amide bonds. The quantitative estimate of drug-likeness (QED) is 0.316. The number of fused-ring (bicyclic) bond motifs is 1. The predicted molar refractivity (Wildman–Crippen MR) is 154 cm³/mol. The van der Waals surface area contributed by atoms with Gasteiger partial charge in [-0.25, -0.2) is 22.9 Å². The van der Waals surface area contributed by atoms with Gasteiger partial charge in [0.15, 0.2) is 10.8 Å². The van der Waals surface area contributed by atoms with Crippen LogP contribution in [0.5, 0.6) is 0 Å². The SMILES string of the molecule is CCOC(=O)C1=C(CN2CC(F)(F)[C@@H]3[C@H]2CON3C[C@@H](O)[C@H](CC)C(=O)O)NC(c2nccs2)=N[C@H]1c1cccc(F)c1C. The number of carboxylic acids is 1. The molecule has 238 valence electrons. The number of nitrogens with one attached hydrogen (secondary N) is 1. The third kappa shape index (κ3) is 6.11. The molecule has 1 aromatic carbocycles. The Bertz CT molecular complexity index is 1450. The van der Waals surface area contributed by atoms with Gasteiger partial charge in [0, 0.05) is 23.8 Å². The first-order chi connectivity index (χ1) is 21.0. The van der Waals surface area contributed by atoms with Gasteiger partial charge in [-0.2, -0.15) is 5.06 Å². The standard InChI is InChI=1S/C29H34F3N5O6S/c1-4-16(27(39)40)21(38)12-37-24-20(13-43-37)36(14-29(24,31)32)11-19-22(28(41)42-5-2)23(17-7-6-8-18(30)15(17)3)35-25(34-19)26-33-9-10-44-26/h6-10,16,20-21,23-24,38H,4-5,11-14H2,1-3H3,(H,34,35)(H,39,40)/t16-,20+,21+,23-,24-/m0/s1. The van der Waals surface area contributed by atoms with E-state index in [9.17, 15) is 24.2 Å². The van der Waals surface area contributed by atoms with Crippen LogP contribution in [-0.2, 0) is 19.2 Å². The highest BCUT2D eigenvalue weighted by Gasteiger charge is 2.61. The van der Waals surface area contributed by atoms with Crippen molar-refractivity contribution in [2.75, 3.05) is 32.8 Å². The Balaban J connectivity index is 1.51. The Hall–Kier alpha value is -3.37. The van der Waals surface area contributed by atoms with E-state index in [4.69, 9.17) is 14.6 Å². The lowest BCUT2D eigenvalue weighted by molar-refractivity contribution is -0.197. The summed E-state index contributed by atoms with van der Waals surface area (Å²) in [6.45, 7) is 3.45. The number of carboxylic acid groups (broad SMARTS) is 1. The van der Waals surface area contributed by atoms with Gasteiger partial charge in [0.1, 0.15) is 17.9 Å². The third-order valence-corrected chi connectivity index (χ3v) is 8.99. The molecule has 4 heterocycles. The molecule has 0 bridgehead atoms. The first kappa shape index (κ1) is 32.0. The van der Waals surface area contributed by atoms with Gasteiger partial charge in [-0.1, -0.05) is 19.1 Å². The van der Waals surface area contributed by atoms with E-state index in [1.165, 1.54) is 28.4 Å². The lowest BCUT2D eigenvalue weighted by atomic mass is 9.92. The zero-order valence-electron chi connectivity index (χ0n) is 24.4. The smallest absolute Gasteiger partial charge is 0.338 e. The number of alkyl halides is 2. The van der Waals surface area contributed by atoms with Crippen molar-refractivity contribution in [1.29, 1.82) is 0 Å². The van der Waals surface area contributed by atoms with Gasteiger partial charge >= 0.3 is 11.9 Å². The van der Waals surface area contributed by atoms with E-state index in [1.807, 2.05) is 0 Å². The van der Waals surface area contributed by atoms with Crippen LogP contribution in [0.25, 0.3) is 0 Å². The number of amidine groups is 1. The number of aliphatic imine (C=N–C) groups is 1. The van der Waals surface area contributed by atoms with Gasteiger partial charge < -0.3 is 20.3 Å². The maximum atomic E-state index is 15.6. The fraction of sp³-hybridized carbons (Fsp3) is 0.517. The topological polar surface area (TPSA) is 137 Å². The predicted octanol–water partition coefficient (Wildman–Crippen LogP) is 2.91. The Morgan fingerprint density at radius 2 is 2.09 bits per heavy atom. The monoisotopic (exact) mass is 637 g/mol. The number of ether oxygens (including phenoxy) is 1. The van der Waals surface area contributed by atoms with Gasteiger partial charge in [-0.3, -0.25) is 19.5 Å². The van der Waals surface area contributed by atoms with Crippen LogP contribution in [-0.4, -0.2) is 99.9 Å². The number of β-amino-alcohol motifs (C(OH)–C–C–N with tert-alkyl or cyclic N) is 1. The van der Waals surface area contributed by atoms with Gasteiger partial charge in [-0.05, 0) is 37.5 Å². The van der Waals surface area contributed by atoms with Gasteiger partial charge in [0.05, 0.1) is 49.9 Å². The molecule has 2 fully saturated rings. The summed E-state index contributed by atoms with van der Waals surface area (Å²) >= 11 is 1.28. The molecule has 0 unspecified atom stereocenters. The second-order valence-corrected chi connectivity index (χ2v) is 11.8. The minimum absolute atomic E-state index is 0.0419. The van der Waals surface area contributed by atoms with E-state index in [1.54, 1.807) is 38.4 Å². The van der Waals surface area contributed by atoms with Crippen molar-refractivity contribution in [3.8, 4) is 0 Å². The van der Waals surface area contributed by atoms with Crippen LogP contribution in [0.3, 0.4) is 0 Å². The van der Waals surface area contributed by atoms with Crippen LogP contribution < -0.4 is 5.32 Å². The first-order valence-corrected chi connectivity index (χ1v) is 15.2. The number of aliphatic hydroxyl groups excluding tert-OH is 1. The summed E-state index contributed by atoms with van der Waals surface area (Å²) in [6, 6.07) is 1.14. The third-order valence-electron chi connectivity index (χ3n) is 8.21. The Labute approximate surface area is 255 Å². The van der Waals surface area contributed by atoms with Crippen LogP contribution in [0.15, 0.2) is 46.0 Å². The molecule has 1 aromatic heterocycles. The summed E-state index contributed by atoms with van der Waals surface area (Å²) < 4.78 is 51.3. The molecule has 0 radical (unpaired) electrons. The van der Waals surface area contributed by atoms with E-state index in [-0.39, 0.29) is 43.0 Å². The average Bonchev–Trinajstić information content (AvgIpc) is 3.70. The maximum Gasteiger partial charge on any atom is 0.338 e. The maximum absolute atomic E-state index is 15.6. The number of hydrogen-bond acceptors (Lipinski definition) is 11. The van der Waals surface area contributed by atoms with Crippen LogP contribution in [0.1, 0.15) is 42.4 Å². The number of hydrogen-bond donors (Lipinski definition) is 3. The molecule has 5 atom stereocenters. The van der Waals surface area contributed by atoms with Crippen molar-refractivity contribution >= 4 is 29.1 Å². The highest BCUT2D eigenvalue weighted by Crippen LogP contribution is 2.42. The molecule has 44 heavy (non-hydrogen) atoms. The normalized spacial score (nSPS) is 24.9. The molecule has 3 aliphatic rings. The Morgan fingerprint density at radius 1 is 1.32 bits per heavy atom. The summed E-state index contributed by atoms with van der Waals surface area (Å²) in [6.07, 6.45) is 0.271. The summed E-state index contributed by atoms with van der Waals surface area (Å²) in [7, 11) is 0. The molecule has 2 aromatic rings. The molecule has 11 nitrogen and oxygen atoms in total. The van der Waals surface area contributed by atoms with Crippen molar-refractivity contribution < 1.29 is 42.5 Å². The molecule has 3 N–H and O–H groups in total. The fourth-order valence-corrected chi connectivity index (χ4v) is 6.63. The molecule has 15 heteroatoms. The molecular formula is C29H34F3N5O6S. The summed E-state index contributed by atoms with van der Waals surface area (Å²) in [5, 5.41) is 26.3. The number of likely N-dealkylation sites (tertiary alicyclic amines) is 1. The van der Waals surface area contributed by atoms with Gasteiger partial charge in [-0.15, -0.1) is 11.3 Å². The number of nitrogens with zero attached hydrogens (tertiary/aromatic N) is 4. The summed E-state index contributed by atoms with van der Waals surface area (Å²) in [5.74, 6) is -6.57. The van der Waals surface area contributed by atoms with Crippen molar-refractivity contribution in [2.45, 2.75) is 57.3 Å². The van der Waals surface area contributed by atoms with Crippen molar-refractivity contribution in [1.82, 2.24) is 20.3 Å². The first-order valence-electron chi connectivity index (χ1n) is 14.3. The second-order valence-electron chi connectivity index (χ2n) is 10.9. The minimum atomic E-state index is -3.30. The molecule has 2 saturated heterocycles. The van der Waals surface area contributed by atoms with Crippen LogP contribution in [0.4, 0.5) is 13.2 Å². The molecule has 0 saturated carbocycles. The number of aliphatic hydroxyl groups is 1. The van der Waals surface area contributed by atoms with E-state index in [0.717, 1.165) is 5.06 Å². The summed E-state index contributed by atoms with van der Waals surface area (Å²) in [5.41, 5.74) is 1.01. The number of esters is 1. The average molecular weight is 638 g/mol. The largest absolute Gasteiger partial charge is 0.481 e. The number of benzene rings is 1. The lowest BCUT2D eigenvalue weighted by Gasteiger charge is -2.31. The lowest BCUT2D eigenvalue weighted by Crippen LogP contribution is -2.49. The number of halogens is 3. The molecule has 3 aliphatic heterocycles. The second kappa shape index (κ2) is 12.9. The zero-order chi connectivity index (χ0) is 31.8. The number of aliphatic carboxylic acids is 1.